The second kappa shape index (κ2) is 6.37. The standard InChI is InChI=1S/C21H23N5O/c1-15-22-23-19-10-9-17(14-26(15)19)21(27)25-13-12-24-11-5-8-18(24)20(25)16-6-3-2-4-7-16/h2-8,11,17,20H,9-10,12-14H2,1H3/t17-,20+/m0/s1. The van der Waals surface area contributed by atoms with Crippen LogP contribution in [-0.4, -0.2) is 36.7 Å². The average Bonchev–Trinajstić information content (AvgIpc) is 3.34. The Labute approximate surface area is 158 Å². The predicted molar refractivity (Wildman–Crippen MR) is 101 cm³/mol. The number of aryl methyl sites for hydroxylation is 2. The first-order valence-electron chi connectivity index (χ1n) is 9.61. The molecule has 138 valence electrons. The lowest BCUT2D eigenvalue weighted by atomic mass is 9.94. The quantitative estimate of drug-likeness (QED) is 0.705. The number of aromatic nitrogens is 4. The lowest BCUT2D eigenvalue weighted by Gasteiger charge is -2.40. The van der Waals surface area contributed by atoms with Gasteiger partial charge in [0.05, 0.1) is 12.0 Å². The predicted octanol–water partition coefficient (Wildman–Crippen LogP) is 2.58. The minimum Gasteiger partial charge on any atom is -0.348 e. The lowest BCUT2D eigenvalue weighted by Crippen LogP contribution is -2.46. The van der Waals surface area contributed by atoms with Crippen molar-refractivity contribution in [1.29, 1.82) is 0 Å². The molecule has 27 heavy (non-hydrogen) atoms. The van der Waals surface area contributed by atoms with Gasteiger partial charge in [-0.1, -0.05) is 30.3 Å². The molecule has 0 aliphatic carbocycles. The van der Waals surface area contributed by atoms with Gasteiger partial charge in [0.25, 0.3) is 0 Å². The van der Waals surface area contributed by atoms with Gasteiger partial charge in [-0.3, -0.25) is 4.79 Å². The van der Waals surface area contributed by atoms with Crippen LogP contribution in [0.3, 0.4) is 0 Å². The van der Waals surface area contributed by atoms with Gasteiger partial charge >= 0.3 is 0 Å². The largest absolute Gasteiger partial charge is 0.348 e. The molecular weight excluding hydrogens is 338 g/mol. The van der Waals surface area contributed by atoms with Gasteiger partial charge in [0.2, 0.25) is 5.91 Å². The second-order valence-corrected chi connectivity index (χ2v) is 7.48. The minimum absolute atomic E-state index is 0.0140. The zero-order valence-electron chi connectivity index (χ0n) is 15.5. The van der Waals surface area contributed by atoms with Gasteiger partial charge in [0.1, 0.15) is 11.6 Å². The van der Waals surface area contributed by atoms with Crippen LogP contribution in [0.15, 0.2) is 48.7 Å². The van der Waals surface area contributed by atoms with Crippen LogP contribution in [0.25, 0.3) is 0 Å². The molecule has 6 heteroatoms. The van der Waals surface area contributed by atoms with Crippen LogP contribution in [0, 0.1) is 12.8 Å². The van der Waals surface area contributed by atoms with Gasteiger partial charge in [-0.15, -0.1) is 10.2 Å². The van der Waals surface area contributed by atoms with E-state index in [0.29, 0.717) is 6.54 Å². The van der Waals surface area contributed by atoms with Gasteiger partial charge in [0, 0.05) is 37.9 Å². The molecule has 0 unspecified atom stereocenters. The van der Waals surface area contributed by atoms with E-state index in [9.17, 15) is 4.79 Å². The Morgan fingerprint density at radius 2 is 1.93 bits per heavy atom. The first-order chi connectivity index (χ1) is 13.2. The molecule has 3 aromatic rings. The maximum Gasteiger partial charge on any atom is 0.228 e. The van der Waals surface area contributed by atoms with Crippen LogP contribution < -0.4 is 0 Å². The Morgan fingerprint density at radius 1 is 1.07 bits per heavy atom. The van der Waals surface area contributed by atoms with Crippen LogP contribution >= 0.6 is 0 Å². The lowest BCUT2D eigenvalue weighted by molar-refractivity contribution is -0.139. The number of hydrogen-bond donors (Lipinski definition) is 0. The normalized spacial score (nSPS) is 21.6. The molecule has 6 nitrogen and oxygen atoms in total. The number of hydrogen-bond acceptors (Lipinski definition) is 3. The maximum atomic E-state index is 13.6. The van der Waals surface area contributed by atoms with Crippen LogP contribution in [0.2, 0.25) is 0 Å². The molecule has 0 fully saturated rings. The number of carbonyl (C=O) groups is 1. The molecule has 0 radical (unpaired) electrons. The van der Waals surface area contributed by atoms with E-state index in [2.05, 4.69) is 54.7 Å². The van der Waals surface area contributed by atoms with Gasteiger partial charge < -0.3 is 14.0 Å². The van der Waals surface area contributed by atoms with Gasteiger partial charge in [0.15, 0.2) is 0 Å². The average molecular weight is 361 g/mol. The summed E-state index contributed by atoms with van der Waals surface area (Å²) < 4.78 is 4.38. The molecule has 1 amide bonds. The fourth-order valence-electron chi connectivity index (χ4n) is 4.51. The highest BCUT2D eigenvalue weighted by Crippen LogP contribution is 2.34. The fraction of sp³-hybridized carbons (Fsp3) is 0.381. The number of carbonyl (C=O) groups excluding carboxylic acids is 1. The molecule has 0 saturated heterocycles. The number of fused-ring (bicyclic) bond motifs is 2. The Balaban J connectivity index is 1.48. The Kier molecular flexibility index (Phi) is 3.85. The topological polar surface area (TPSA) is 56.0 Å². The highest BCUT2D eigenvalue weighted by molar-refractivity contribution is 5.80. The number of amides is 1. The molecule has 2 atom stereocenters. The summed E-state index contributed by atoms with van der Waals surface area (Å²) in [6.45, 7) is 4.24. The molecule has 0 spiro atoms. The monoisotopic (exact) mass is 361 g/mol. The molecule has 2 aliphatic heterocycles. The van der Waals surface area contributed by atoms with Crippen molar-refractivity contribution in [2.45, 2.75) is 38.9 Å². The minimum atomic E-state index is -0.0224. The Bertz CT molecular complexity index is 974. The van der Waals surface area contributed by atoms with Gasteiger partial charge in [-0.05, 0) is 31.0 Å². The van der Waals surface area contributed by atoms with Crippen molar-refractivity contribution < 1.29 is 4.79 Å². The third-order valence-corrected chi connectivity index (χ3v) is 5.92. The van der Waals surface area contributed by atoms with Crippen molar-refractivity contribution in [3.05, 3.63) is 71.6 Å². The van der Waals surface area contributed by atoms with E-state index < -0.39 is 0 Å². The number of rotatable bonds is 2. The van der Waals surface area contributed by atoms with E-state index in [-0.39, 0.29) is 17.9 Å². The zero-order chi connectivity index (χ0) is 18.4. The highest BCUT2D eigenvalue weighted by Gasteiger charge is 2.37. The fourth-order valence-corrected chi connectivity index (χ4v) is 4.51. The van der Waals surface area contributed by atoms with Crippen LogP contribution in [0.5, 0.6) is 0 Å². The number of nitrogens with zero attached hydrogens (tertiary/aromatic N) is 5. The molecule has 5 rings (SSSR count). The van der Waals surface area contributed by atoms with Gasteiger partial charge in [-0.2, -0.15) is 0 Å². The third-order valence-electron chi connectivity index (χ3n) is 5.92. The first-order valence-corrected chi connectivity index (χ1v) is 9.61. The molecule has 4 heterocycles. The van der Waals surface area contributed by atoms with E-state index in [1.165, 1.54) is 11.3 Å². The SMILES string of the molecule is Cc1nnc2n1C[C@@H](C(=O)N1CCn3cccc3[C@H]1c1ccccc1)CC2. The van der Waals surface area contributed by atoms with Crippen molar-refractivity contribution in [2.24, 2.45) is 5.92 Å². The van der Waals surface area contributed by atoms with Crippen molar-refractivity contribution >= 4 is 5.91 Å². The summed E-state index contributed by atoms with van der Waals surface area (Å²) in [5, 5.41) is 8.41. The Morgan fingerprint density at radius 3 is 2.78 bits per heavy atom. The van der Waals surface area contributed by atoms with E-state index >= 15 is 0 Å². The molecule has 2 aromatic heterocycles. The van der Waals surface area contributed by atoms with Crippen LogP contribution in [0.4, 0.5) is 0 Å². The molecular formula is C21H23N5O. The van der Waals surface area contributed by atoms with E-state index in [1.54, 1.807) is 0 Å². The van der Waals surface area contributed by atoms with E-state index in [1.807, 2.05) is 25.1 Å². The van der Waals surface area contributed by atoms with Crippen molar-refractivity contribution in [3.8, 4) is 0 Å². The summed E-state index contributed by atoms with van der Waals surface area (Å²) in [6, 6.07) is 14.6. The summed E-state index contributed by atoms with van der Waals surface area (Å²) in [5.74, 6) is 2.13. The molecule has 2 aliphatic rings. The smallest absolute Gasteiger partial charge is 0.228 e. The summed E-state index contributed by atoms with van der Waals surface area (Å²) in [6.07, 6.45) is 3.77. The van der Waals surface area contributed by atoms with Crippen molar-refractivity contribution in [1.82, 2.24) is 24.2 Å². The second-order valence-electron chi connectivity index (χ2n) is 7.48. The van der Waals surface area contributed by atoms with E-state index in [0.717, 1.165) is 37.6 Å². The van der Waals surface area contributed by atoms with Crippen LogP contribution in [0.1, 0.15) is 35.4 Å². The third kappa shape index (κ3) is 2.67. The molecule has 0 saturated carbocycles. The summed E-state index contributed by atoms with van der Waals surface area (Å²) in [5.41, 5.74) is 2.36. The zero-order valence-corrected chi connectivity index (χ0v) is 15.5. The summed E-state index contributed by atoms with van der Waals surface area (Å²) >= 11 is 0. The maximum absolute atomic E-state index is 13.6. The summed E-state index contributed by atoms with van der Waals surface area (Å²) in [7, 11) is 0. The number of benzene rings is 1. The first kappa shape index (κ1) is 16.3. The Hall–Kier alpha value is -2.89. The van der Waals surface area contributed by atoms with Crippen molar-refractivity contribution in [3.63, 3.8) is 0 Å². The van der Waals surface area contributed by atoms with E-state index in [4.69, 9.17) is 0 Å². The van der Waals surface area contributed by atoms with Gasteiger partial charge in [-0.25, -0.2) is 0 Å². The summed E-state index contributed by atoms with van der Waals surface area (Å²) in [4.78, 5) is 15.7. The highest BCUT2D eigenvalue weighted by atomic mass is 16.2. The van der Waals surface area contributed by atoms with Crippen LogP contribution in [-0.2, 0) is 24.3 Å². The van der Waals surface area contributed by atoms with Crippen molar-refractivity contribution in [2.75, 3.05) is 6.54 Å². The molecule has 1 aromatic carbocycles. The molecule has 0 bridgehead atoms. The molecule has 0 N–H and O–H groups in total.